The van der Waals surface area contributed by atoms with Gasteiger partial charge in [0.05, 0.1) is 19.3 Å². The zero-order chi connectivity index (χ0) is 10.7. The monoisotopic (exact) mass is 243 g/mol. The van der Waals surface area contributed by atoms with Gasteiger partial charge in [0.2, 0.25) is 0 Å². The number of ether oxygens (including phenoxy) is 1. The summed E-state index contributed by atoms with van der Waals surface area (Å²) in [4.78, 5) is 1.28. The van der Waals surface area contributed by atoms with Gasteiger partial charge in [-0.3, -0.25) is 0 Å². The van der Waals surface area contributed by atoms with Gasteiger partial charge in [-0.15, -0.1) is 11.8 Å². The van der Waals surface area contributed by atoms with E-state index in [0.717, 1.165) is 36.8 Å². The van der Waals surface area contributed by atoms with Crippen LogP contribution in [0.5, 0.6) is 5.75 Å². The molecule has 0 fully saturated rings. The van der Waals surface area contributed by atoms with Crippen LogP contribution in [-0.4, -0.2) is 28.3 Å². The van der Waals surface area contributed by atoms with E-state index in [2.05, 4.69) is 6.07 Å². The molecular weight excluding hydrogens is 230 g/mol. The van der Waals surface area contributed by atoms with Gasteiger partial charge in [0.1, 0.15) is 5.75 Å². The van der Waals surface area contributed by atoms with Crippen LogP contribution in [0.25, 0.3) is 0 Å². The van der Waals surface area contributed by atoms with E-state index < -0.39 is 0 Å². The fraction of sp³-hybridized carbons (Fsp3) is 0.400. The normalized spacial score (nSPS) is 16.9. The van der Waals surface area contributed by atoms with Gasteiger partial charge in [0, 0.05) is 23.7 Å². The maximum Gasteiger partial charge on any atom is 0.119 e. The number of nitrogens with zero attached hydrogens (tertiary/aromatic N) is 1. The van der Waals surface area contributed by atoms with E-state index in [1.54, 1.807) is 7.11 Å². The summed E-state index contributed by atoms with van der Waals surface area (Å²) in [5.74, 6) is 1.88. The quantitative estimate of drug-likeness (QED) is 0.638. The maximum absolute atomic E-state index is 9.07. The average Bonchev–Trinajstić information content (AvgIpc) is 2.49. The molecule has 0 amide bonds. The molecule has 0 spiro atoms. The summed E-state index contributed by atoms with van der Waals surface area (Å²) in [5, 5.41) is 0. The molecule has 1 N–H and O–H groups in total. The van der Waals surface area contributed by atoms with Crippen molar-refractivity contribution in [3.63, 3.8) is 0 Å². The van der Waals surface area contributed by atoms with Crippen LogP contribution in [0.15, 0.2) is 23.1 Å². The van der Waals surface area contributed by atoms with Crippen molar-refractivity contribution in [2.45, 2.75) is 11.4 Å². The number of hydrogen-bond donors (Lipinski definition) is 1. The van der Waals surface area contributed by atoms with Gasteiger partial charge in [-0.2, -0.15) is 0 Å². The second-order valence-corrected chi connectivity index (χ2v) is 5.08. The molecule has 5 heteroatoms. The molecule has 2 rings (SSSR count). The van der Waals surface area contributed by atoms with Gasteiger partial charge >= 0.3 is 0 Å². The Morgan fingerprint density at radius 1 is 1.53 bits per heavy atom. The summed E-state index contributed by atoms with van der Waals surface area (Å²) >= 11 is 2.64. The number of rotatable bonds is 2. The minimum absolute atomic E-state index is 0.765. The minimum Gasteiger partial charge on any atom is -0.497 e. The van der Waals surface area contributed by atoms with E-state index in [1.807, 2.05) is 28.2 Å². The standard InChI is InChI=1S/C10H13NO2S2/c1-13-9-2-3-10-8(6-9)7-11(15-12)4-5-14-10/h2-3,6,12H,4-5,7H2,1H3. The summed E-state index contributed by atoms with van der Waals surface area (Å²) in [6.45, 7) is 1.66. The molecule has 0 radical (unpaired) electrons. The van der Waals surface area contributed by atoms with Crippen molar-refractivity contribution >= 4 is 24.0 Å². The van der Waals surface area contributed by atoms with Crippen molar-refractivity contribution in [2.75, 3.05) is 19.4 Å². The maximum atomic E-state index is 9.07. The molecular formula is C10H13NO2S2. The minimum atomic E-state index is 0.765. The number of thioether (sulfide) groups is 1. The largest absolute Gasteiger partial charge is 0.497 e. The first-order chi connectivity index (χ1) is 7.33. The first-order valence-corrected chi connectivity index (χ1v) is 6.41. The molecule has 1 aliphatic rings. The SMILES string of the molecule is COc1ccc2c(c1)CN(SO)CCS2. The lowest BCUT2D eigenvalue weighted by atomic mass is 10.2. The summed E-state index contributed by atoms with van der Waals surface area (Å²) in [6.07, 6.45) is 0. The zero-order valence-electron chi connectivity index (χ0n) is 8.47. The molecule has 0 aliphatic carbocycles. The predicted molar refractivity (Wildman–Crippen MR) is 64.3 cm³/mol. The predicted octanol–water partition coefficient (Wildman–Crippen LogP) is 2.72. The van der Waals surface area contributed by atoms with E-state index >= 15 is 0 Å². The van der Waals surface area contributed by atoms with Crippen molar-refractivity contribution in [3.05, 3.63) is 23.8 Å². The van der Waals surface area contributed by atoms with Crippen LogP contribution in [0.4, 0.5) is 0 Å². The second kappa shape index (κ2) is 5.12. The molecule has 3 nitrogen and oxygen atoms in total. The molecule has 0 saturated carbocycles. The van der Waals surface area contributed by atoms with Crippen molar-refractivity contribution in [2.24, 2.45) is 0 Å². The van der Waals surface area contributed by atoms with Crippen molar-refractivity contribution < 1.29 is 9.29 Å². The van der Waals surface area contributed by atoms with Gasteiger partial charge in [-0.05, 0) is 23.8 Å². The smallest absolute Gasteiger partial charge is 0.119 e. The van der Waals surface area contributed by atoms with Crippen LogP contribution in [0, 0.1) is 0 Å². The highest BCUT2D eigenvalue weighted by Gasteiger charge is 2.15. The Kier molecular flexibility index (Phi) is 3.80. The van der Waals surface area contributed by atoms with Crippen molar-refractivity contribution in [1.29, 1.82) is 0 Å². The Bertz CT molecular complexity index is 346. The fourth-order valence-corrected chi connectivity index (χ4v) is 3.03. The molecule has 1 aromatic rings. The lowest BCUT2D eigenvalue weighted by Crippen LogP contribution is -2.15. The van der Waals surface area contributed by atoms with Gasteiger partial charge in [-0.25, -0.2) is 4.31 Å². The molecule has 82 valence electrons. The summed E-state index contributed by atoms with van der Waals surface area (Å²) in [6, 6.07) is 6.11. The number of methoxy groups -OCH3 is 1. The molecule has 0 atom stereocenters. The molecule has 1 aromatic carbocycles. The zero-order valence-corrected chi connectivity index (χ0v) is 10.1. The summed E-state index contributed by atoms with van der Waals surface area (Å²) in [5.41, 5.74) is 1.22. The Hall–Kier alpha value is -0.360. The van der Waals surface area contributed by atoms with Crippen molar-refractivity contribution in [3.8, 4) is 5.75 Å². The Morgan fingerprint density at radius 3 is 3.13 bits per heavy atom. The fourth-order valence-electron chi connectivity index (χ4n) is 1.54. The van der Waals surface area contributed by atoms with Crippen LogP contribution >= 0.6 is 24.0 Å². The molecule has 15 heavy (non-hydrogen) atoms. The summed E-state index contributed by atoms with van der Waals surface area (Å²) in [7, 11) is 1.67. The Labute approximate surface area is 98.1 Å². The van der Waals surface area contributed by atoms with Crippen LogP contribution < -0.4 is 4.74 Å². The van der Waals surface area contributed by atoms with E-state index in [9.17, 15) is 0 Å². The first kappa shape index (κ1) is 11.1. The topological polar surface area (TPSA) is 32.7 Å². The lowest BCUT2D eigenvalue weighted by molar-refractivity contribution is 0.411. The van der Waals surface area contributed by atoms with Gasteiger partial charge in [-0.1, -0.05) is 0 Å². The summed E-state index contributed by atoms with van der Waals surface area (Å²) < 4.78 is 16.2. The third-order valence-electron chi connectivity index (χ3n) is 2.33. The molecule has 0 bridgehead atoms. The van der Waals surface area contributed by atoms with E-state index in [-0.39, 0.29) is 0 Å². The molecule has 0 saturated heterocycles. The average molecular weight is 243 g/mol. The second-order valence-electron chi connectivity index (χ2n) is 3.27. The number of hydrogen-bond acceptors (Lipinski definition) is 5. The van der Waals surface area contributed by atoms with Crippen LogP contribution in [-0.2, 0) is 6.54 Å². The van der Waals surface area contributed by atoms with E-state index in [0.29, 0.717) is 0 Å². The first-order valence-electron chi connectivity index (χ1n) is 4.69. The Morgan fingerprint density at radius 2 is 2.40 bits per heavy atom. The Balaban J connectivity index is 2.27. The van der Waals surface area contributed by atoms with Crippen LogP contribution in [0.3, 0.4) is 0 Å². The number of benzene rings is 1. The molecule has 0 unspecified atom stereocenters. The third-order valence-corrected chi connectivity index (χ3v) is 3.97. The molecule has 1 aliphatic heterocycles. The van der Waals surface area contributed by atoms with Gasteiger partial charge in [0.25, 0.3) is 0 Å². The molecule has 0 aromatic heterocycles. The highest BCUT2D eigenvalue weighted by atomic mass is 32.2. The van der Waals surface area contributed by atoms with Crippen molar-refractivity contribution in [1.82, 2.24) is 4.31 Å². The highest BCUT2D eigenvalue weighted by Crippen LogP contribution is 2.31. The van der Waals surface area contributed by atoms with Gasteiger partial charge in [0.15, 0.2) is 0 Å². The third kappa shape index (κ3) is 2.60. The van der Waals surface area contributed by atoms with E-state index in [4.69, 9.17) is 9.29 Å². The number of fused-ring (bicyclic) bond motifs is 1. The molecule has 1 heterocycles. The highest BCUT2D eigenvalue weighted by molar-refractivity contribution is 7.99. The van der Waals surface area contributed by atoms with E-state index in [1.165, 1.54) is 10.5 Å². The van der Waals surface area contributed by atoms with Crippen LogP contribution in [0.1, 0.15) is 5.56 Å². The van der Waals surface area contributed by atoms with Crippen LogP contribution in [0.2, 0.25) is 0 Å². The van der Waals surface area contributed by atoms with Gasteiger partial charge < -0.3 is 9.29 Å². The lowest BCUT2D eigenvalue weighted by Gasteiger charge is -2.14.